The number of esters is 2. The Morgan fingerprint density at radius 2 is 1.08 bits per heavy atom. The van der Waals surface area contributed by atoms with E-state index in [2.05, 4.69) is 25.7 Å². The van der Waals surface area contributed by atoms with Crippen molar-refractivity contribution in [3.8, 4) is 0 Å². The van der Waals surface area contributed by atoms with Crippen LogP contribution >= 0.6 is 0 Å². The molecule has 306 valence electrons. The number of hydrogen-bond acceptors (Lipinski definition) is 5. The minimum Gasteiger partial charge on any atom is -0.466 e. The molecule has 0 aromatic rings. The van der Waals surface area contributed by atoms with Crippen molar-refractivity contribution >= 4 is 11.9 Å². The molecule has 5 nitrogen and oxygen atoms in total. The summed E-state index contributed by atoms with van der Waals surface area (Å²) in [5.74, 6) is 1.77. The van der Waals surface area contributed by atoms with E-state index in [1.807, 2.05) is 0 Å². The van der Waals surface area contributed by atoms with Crippen LogP contribution in [0, 0.1) is 11.8 Å². The second kappa shape index (κ2) is 33.3. The monoisotopic (exact) mass is 732 g/mol. The Bertz CT molecular complexity index is 812. The van der Waals surface area contributed by atoms with Crippen LogP contribution in [0.1, 0.15) is 245 Å². The van der Waals surface area contributed by atoms with E-state index in [1.54, 1.807) is 0 Å². The number of ether oxygens (including phenoxy) is 2. The molecule has 2 aliphatic rings. The number of carbonyl (C=O) groups excluding carboxylic acids is 2. The van der Waals surface area contributed by atoms with Crippen molar-refractivity contribution in [2.45, 2.75) is 258 Å². The van der Waals surface area contributed by atoms with E-state index in [9.17, 15) is 9.59 Å². The van der Waals surface area contributed by atoms with Gasteiger partial charge in [0.25, 0.3) is 0 Å². The van der Waals surface area contributed by atoms with Crippen LogP contribution in [-0.2, 0) is 19.1 Å². The third kappa shape index (κ3) is 25.8. The standard InChI is InChI=1S/C47H89NO4/c1-4-7-10-13-16-19-27-41-51-46(49)34-26-25-29-43-30-28-39-48(40-38-42-36-37-42)45(43)33-23-20-24-35-47(50)52-44(31-21-17-14-11-8-5-2)32-22-18-15-12-9-6-3/h42-45H,4-41H2,1-3H3. The molecule has 2 atom stereocenters. The van der Waals surface area contributed by atoms with Gasteiger partial charge in [0, 0.05) is 18.9 Å². The highest BCUT2D eigenvalue weighted by molar-refractivity contribution is 5.69. The van der Waals surface area contributed by atoms with Gasteiger partial charge < -0.3 is 14.4 Å². The van der Waals surface area contributed by atoms with Crippen LogP contribution in [0.3, 0.4) is 0 Å². The number of nitrogens with zero attached hydrogens (tertiary/aromatic N) is 1. The van der Waals surface area contributed by atoms with Crippen LogP contribution in [0.15, 0.2) is 0 Å². The van der Waals surface area contributed by atoms with Crippen molar-refractivity contribution < 1.29 is 19.1 Å². The lowest BCUT2D eigenvalue weighted by molar-refractivity contribution is -0.150. The first kappa shape index (κ1) is 47.1. The quantitative estimate of drug-likeness (QED) is 0.0470. The molecule has 2 fully saturated rings. The van der Waals surface area contributed by atoms with E-state index in [0.717, 1.165) is 56.8 Å². The summed E-state index contributed by atoms with van der Waals surface area (Å²) in [7, 11) is 0. The summed E-state index contributed by atoms with van der Waals surface area (Å²) in [6.45, 7) is 9.92. The lowest BCUT2D eigenvalue weighted by Gasteiger charge is -2.42. The number of carbonyl (C=O) groups is 2. The van der Waals surface area contributed by atoms with E-state index in [4.69, 9.17) is 9.47 Å². The molecule has 0 aromatic heterocycles. The molecule has 0 aromatic carbocycles. The fraction of sp³-hybridized carbons (Fsp3) is 0.957. The Labute approximate surface area is 324 Å². The first-order chi connectivity index (χ1) is 25.6. The molecule has 0 spiro atoms. The first-order valence-electron chi connectivity index (χ1n) is 23.7. The molecule has 0 bridgehead atoms. The first-order valence-corrected chi connectivity index (χ1v) is 23.7. The van der Waals surface area contributed by atoms with Gasteiger partial charge in [-0.3, -0.25) is 9.59 Å². The second-order valence-electron chi connectivity index (χ2n) is 17.1. The maximum absolute atomic E-state index is 13.0. The minimum absolute atomic E-state index is 0.00639. The van der Waals surface area contributed by atoms with E-state index in [-0.39, 0.29) is 18.0 Å². The van der Waals surface area contributed by atoms with Gasteiger partial charge in [-0.05, 0) is 102 Å². The van der Waals surface area contributed by atoms with Crippen LogP contribution in [0.25, 0.3) is 0 Å². The zero-order valence-electron chi connectivity index (χ0n) is 35.3. The van der Waals surface area contributed by atoms with Crippen molar-refractivity contribution in [1.29, 1.82) is 0 Å². The average molecular weight is 732 g/mol. The smallest absolute Gasteiger partial charge is 0.306 e. The topological polar surface area (TPSA) is 55.8 Å². The van der Waals surface area contributed by atoms with Crippen molar-refractivity contribution in [3.63, 3.8) is 0 Å². The van der Waals surface area contributed by atoms with Gasteiger partial charge in [-0.2, -0.15) is 0 Å². The molecule has 0 amide bonds. The Morgan fingerprint density at radius 3 is 1.69 bits per heavy atom. The molecule has 0 N–H and O–H groups in total. The second-order valence-corrected chi connectivity index (χ2v) is 17.1. The molecule has 1 heterocycles. The van der Waals surface area contributed by atoms with Crippen molar-refractivity contribution in [3.05, 3.63) is 0 Å². The van der Waals surface area contributed by atoms with Crippen molar-refractivity contribution in [1.82, 2.24) is 4.90 Å². The Hall–Kier alpha value is -1.10. The fourth-order valence-electron chi connectivity index (χ4n) is 8.60. The van der Waals surface area contributed by atoms with E-state index < -0.39 is 0 Å². The number of hydrogen-bond donors (Lipinski definition) is 0. The molecule has 1 saturated carbocycles. The Balaban J connectivity index is 1.69. The summed E-state index contributed by atoms with van der Waals surface area (Å²) in [6, 6.07) is 0.669. The average Bonchev–Trinajstić information content (AvgIpc) is 3.98. The maximum Gasteiger partial charge on any atom is 0.306 e. The van der Waals surface area contributed by atoms with Gasteiger partial charge in [-0.25, -0.2) is 0 Å². The molecule has 1 aliphatic carbocycles. The highest BCUT2D eigenvalue weighted by Crippen LogP contribution is 2.36. The number of piperidine rings is 1. The number of rotatable bonds is 37. The van der Waals surface area contributed by atoms with E-state index in [0.29, 0.717) is 25.5 Å². The zero-order chi connectivity index (χ0) is 37.3. The third-order valence-corrected chi connectivity index (χ3v) is 12.2. The third-order valence-electron chi connectivity index (χ3n) is 12.2. The van der Waals surface area contributed by atoms with E-state index in [1.165, 1.54) is 180 Å². The molecule has 1 saturated heterocycles. The summed E-state index contributed by atoms with van der Waals surface area (Å²) in [5.41, 5.74) is 0. The largest absolute Gasteiger partial charge is 0.466 e. The van der Waals surface area contributed by atoms with Gasteiger partial charge in [0.2, 0.25) is 0 Å². The molecule has 52 heavy (non-hydrogen) atoms. The van der Waals surface area contributed by atoms with Crippen molar-refractivity contribution in [2.75, 3.05) is 19.7 Å². The van der Waals surface area contributed by atoms with Crippen LogP contribution in [0.5, 0.6) is 0 Å². The fourth-order valence-corrected chi connectivity index (χ4v) is 8.60. The number of likely N-dealkylation sites (tertiary alicyclic amines) is 1. The molecule has 2 rings (SSSR count). The number of unbranched alkanes of at least 4 members (excludes halogenated alkanes) is 19. The van der Waals surface area contributed by atoms with Crippen LogP contribution in [0.2, 0.25) is 0 Å². The van der Waals surface area contributed by atoms with Gasteiger partial charge in [0.15, 0.2) is 0 Å². The molecular weight excluding hydrogens is 643 g/mol. The predicted molar refractivity (Wildman–Crippen MR) is 222 cm³/mol. The Morgan fingerprint density at radius 1 is 0.558 bits per heavy atom. The van der Waals surface area contributed by atoms with Gasteiger partial charge in [-0.15, -0.1) is 0 Å². The summed E-state index contributed by atoms with van der Waals surface area (Å²) in [4.78, 5) is 28.2. The van der Waals surface area contributed by atoms with Crippen molar-refractivity contribution in [2.24, 2.45) is 11.8 Å². The minimum atomic E-state index is 0.00639. The molecule has 1 aliphatic heterocycles. The molecule has 5 heteroatoms. The van der Waals surface area contributed by atoms with Crippen LogP contribution in [-0.4, -0.2) is 48.7 Å². The highest BCUT2D eigenvalue weighted by Gasteiger charge is 2.32. The van der Waals surface area contributed by atoms with E-state index >= 15 is 0 Å². The molecule has 2 unspecified atom stereocenters. The van der Waals surface area contributed by atoms with Gasteiger partial charge >= 0.3 is 11.9 Å². The van der Waals surface area contributed by atoms with Gasteiger partial charge in [-0.1, -0.05) is 156 Å². The predicted octanol–water partition coefficient (Wildman–Crippen LogP) is 14.1. The van der Waals surface area contributed by atoms with Gasteiger partial charge in [0.05, 0.1) is 6.61 Å². The summed E-state index contributed by atoms with van der Waals surface area (Å²) < 4.78 is 11.7. The Kier molecular flexibility index (Phi) is 30.1. The molecular formula is C47H89NO4. The lowest BCUT2D eigenvalue weighted by atomic mass is 9.82. The normalized spacial score (nSPS) is 17.9. The maximum atomic E-state index is 13.0. The summed E-state index contributed by atoms with van der Waals surface area (Å²) >= 11 is 0. The highest BCUT2D eigenvalue weighted by atomic mass is 16.5. The van der Waals surface area contributed by atoms with Crippen LogP contribution < -0.4 is 0 Å². The zero-order valence-corrected chi connectivity index (χ0v) is 35.3. The summed E-state index contributed by atoms with van der Waals surface area (Å²) in [6.07, 6.45) is 42.4. The van der Waals surface area contributed by atoms with Gasteiger partial charge in [0.1, 0.15) is 6.10 Å². The van der Waals surface area contributed by atoms with Crippen LogP contribution in [0.4, 0.5) is 0 Å². The SMILES string of the molecule is CCCCCCCCCOC(=O)CCCCC1CCCN(CCC2CC2)C1CCCCCC(=O)OC(CCCCCCCC)CCCCCCCC. The molecule has 0 radical (unpaired) electrons. The lowest BCUT2D eigenvalue weighted by Crippen LogP contribution is -2.45. The summed E-state index contributed by atoms with van der Waals surface area (Å²) in [5, 5.41) is 0.